The maximum atomic E-state index is 11.9. The third-order valence-electron chi connectivity index (χ3n) is 3.79. The fraction of sp³-hybridized carbons (Fsp3) is 0.562. The highest BCUT2D eigenvalue weighted by Gasteiger charge is 2.25. The topological polar surface area (TPSA) is 61.4 Å². The van der Waals surface area contributed by atoms with E-state index in [-0.39, 0.29) is 12.1 Å². The van der Waals surface area contributed by atoms with Crippen molar-refractivity contribution in [2.45, 2.75) is 51.7 Å². The van der Waals surface area contributed by atoms with Crippen molar-refractivity contribution in [3.05, 3.63) is 29.8 Å². The largest absolute Gasteiger partial charge is 0.389 e. The van der Waals surface area contributed by atoms with Crippen LogP contribution in [0.5, 0.6) is 0 Å². The summed E-state index contributed by atoms with van der Waals surface area (Å²) < 4.78 is 0. The summed E-state index contributed by atoms with van der Waals surface area (Å²) >= 11 is 0. The first-order chi connectivity index (χ1) is 9.58. The van der Waals surface area contributed by atoms with Gasteiger partial charge in [-0.3, -0.25) is 0 Å². The lowest BCUT2D eigenvalue weighted by Crippen LogP contribution is -2.37. The molecule has 1 aliphatic carbocycles. The lowest BCUT2D eigenvalue weighted by molar-refractivity contribution is 0.199. The Hall–Kier alpha value is -1.55. The molecule has 0 aromatic heterocycles. The number of hydrogen-bond donors (Lipinski definition) is 3. The molecule has 20 heavy (non-hydrogen) atoms. The fourth-order valence-corrected chi connectivity index (χ4v) is 2.28. The second kappa shape index (κ2) is 6.75. The fourth-order valence-electron chi connectivity index (χ4n) is 2.28. The summed E-state index contributed by atoms with van der Waals surface area (Å²) in [5.74, 6) is 0.811. The molecule has 0 heterocycles. The van der Waals surface area contributed by atoms with Crippen LogP contribution < -0.4 is 10.6 Å². The van der Waals surface area contributed by atoms with Gasteiger partial charge in [0.15, 0.2) is 0 Å². The summed E-state index contributed by atoms with van der Waals surface area (Å²) in [6, 6.07) is 7.37. The molecule has 2 unspecified atom stereocenters. The van der Waals surface area contributed by atoms with Crippen molar-refractivity contribution in [3.8, 4) is 0 Å². The highest BCUT2D eigenvalue weighted by Crippen LogP contribution is 2.34. The van der Waals surface area contributed by atoms with Gasteiger partial charge >= 0.3 is 6.03 Å². The van der Waals surface area contributed by atoms with Gasteiger partial charge in [0.2, 0.25) is 0 Å². The van der Waals surface area contributed by atoms with Crippen LogP contribution in [0.4, 0.5) is 10.5 Å². The van der Waals surface area contributed by atoms with E-state index in [4.69, 9.17) is 0 Å². The Morgan fingerprint density at radius 2 is 2.00 bits per heavy atom. The number of rotatable bonds is 6. The van der Waals surface area contributed by atoms with Gasteiger partial charge in [-0.2, -0.15) is 0 Å². The molecule has 1 aromatic carbocycles. The average molecular weight is 276 g/mol. The average Bonchev–Trinajstić information content (AvgIpc) is 3.22. The summed E-state index contributed by atoms with van der Waals surface area (Å²) in [7, 11) is 0. The monoisotopic (exact) mass is 276 g/mol. The molecule has 0 spiro atoms. The highest BCUT2D eigenvalue weighted by molar-refractivity contribution is 5.89. The lowest BCUT2D eigenvalue weighted by atomic mass is 10.1. The minimum atomic E-state index is -0.485. The van der Waals surface area contributed by atoms with E-state index in [0.29, 0.717) is 0 Å². The molecule has 0 bridgehead atoms. The van der Waals surface area contributed by atoms with Crippen LogP contribution >= 0.6 is 0 Å². The first kappa shape index (κ1) is 14.9. The first-order valence-corrected chi connectivity index (χ1v) is 7.44. The molecule has 1 aromatic rings. The number of nitrogens with one attached hydrogen (secondary N) is 2. The van der Waals surface area contributed by atoms with Gasteiger partial charge in [0.25, 0.3) is 0 Å². The van der Waals surface area contributed by atoms with Gasteiger partial charge in [0.1, 0.15) is 0 Å². The van der Waals surface area contributed by atoms with Crippen molar-refractivity contribution >= 4 is 11.7 Å². The van der Waals surface area contributed by atoms with Crippen LogP contribution in [-0.4, -0.2) is 17.2 Å². The van der Waals surface area contributed by atoms with Crippen molar-refractivity contribution in [2.75, 3.05) is 5.32 Å². The molecule has 1 aliphatic rings. The second-order valence-electron chi connectivity index (χ2n) is 5.68. The molecular formula is C16H24N2O2. The zero-order valence-electron chi connectivity index (χ0n) is 12.2. The molecule has 4 nitrogen and oxygen atoms in total. The van der Waals surface area contributed by atoms with Gasteiger partial charge in [0, 0.05) is 11.7 Å². The van der Waals surface area contributed by atoms with E-state index in [1.807, 2.05) is 24.3 Å². The lowest BCUT2D eigenvalue weighted by Gasteiger charge is -2.17. The van der Waals surface area contributed by atoms with E-state index in [2.05, 4.69) is 17.6 Å². The maximum absolute atomic E-state index is 11.9. The molecule has 2 rings (SSSR count). The van der Waals surface area contributed by atoms with Crippen LogP contribution in [0, 0.1) is 5.92 Å². The van der Waals surface area contributed by atoms with Crippen LogP contribution in [0.25, 0.3) is 0 Å². The van der Waals surface area contributed by atoms with Gasteiger partial charge in [0.05, 0.1) is 6.10 Å². The summed E-state index contributed by atoms with van der Waals surface area (Å²) in [6.45, 7) is 3.82. The van der Waals surface area contributed by atoms with E-state index in [1.165, 1.54) is 12.8 Å². The van der Waals surface area contributed by atoms with Gasteiger partial charge in [-0.05, 0) is 43.4 Å². The highest BCUT2D eigenvalue weighted by atomic mass is 16.3. The maximum Gasteiger partial charge on any atom is 0.319 e. The van der Waals surface area contributed by atoms with Crippen LogP contribution in [0.3, 0.4) is 0 Å². The Morgan fingerprint density at radius 3 is 2.50 bits per heavy atom. The number of carbonyl (C=O) groups excluding carboxylic acids is 1. The van der Waals surface area contributed by atoms with E-state index >= 15 is 0 Å². The van der Waals surface area contributed by atoms with Crippen LogP contribution in [0.1, 0.15) is 51.2 Å². The number of aliphatic hydroxyl groups excluding tert-OH is 1. The summed E-state index contributed by atoms with van der Waals surface area (Å²) in [5, 5.41) is 15.3. The molecular weight excluding hydrogens is 252 g/mol. The minimum Gasteiger partial charge on any atom is -0.389 e. The van der Waals surface area contributed by atoms with Crippen molar-refractivity contribution < 1.29 is 9.90 Å². The van der Waals surface area contributed by atoms with Crippen molar-refractivity contribution in [2.24, 2.45) is 5.92 Å². The Kier molecular flexibility index (Phi) is 5.01. The summed E-state index contributed by atoms with van der Waals surface area (Å²) in [6.07, 6.45) is 4.18. The Balaban J connectivity index is 1.83. The molecule has 0 saturated heterocycles. The first-order valence-electron chi connectivity index (χ1n) is 7.44. The Morgan fingerprint density at radius 1 is 1.35 bits per heavy atom. The van der Waals surface area contributed by atoms with Gasteiger partial charge in [-0.15, -0.1) is 0 Å². The molecule has 3 N–H and O–H groups in total. The van der Waals surface area contributed by atoms with Crippen LogP contribution in [-0.2, 0) is 0 Å². The second-order valence-corrected chi connectivity index (χ2v) is 5.68. The quantitative estimate of drug-likeness (QED) is 0.745. The molecule has 110 valence electrons. The van der Waals surface area contributed by atoms with Gasteiger partial charge < -0.3 is 15.7 Å². The molecule has 2 atom stereocenters. The molecule has 1 saturated carbocycles. The van der Waals surface area contributed by atoms with Crippen molar-refractivity contribution in [3.63, 3.8) is 0 Å². The number of hydrogen-bond acceptors (Lipinski definition) is 2. The number of anilines is 1. The van der Waals surface area contributed by atoms with E-state index < -0.39 is 6.10 Å². The van der Waals surface area contributed by atoms with Crippen molar-refractivity contribution in [1.29, 1.82) is 0 Å². The van der Waals surface area contributed by atoms with Crippen LogP contribution in [0.2, 0.25) is 0 Å². The molecule has 1 fully saturated rings. The minimum absolute atomic E-state index is 0.151. The number of aliphatic hydroxyl groups is 1. The van der Waals surface area contributed by atoms with Crippen molar-refractivity contribution in [1.82, 2.24) is 5.32 Å². The Bertz CT molecular complexity index is 438. The summed E-state index contributed by atoms with van der Waals surface area (Å²) in [4.78, 5) is 11.9. The molecule has 0 radical (unpaired) electrons. The smallest absolute Gasteiger partial charge is 0.319 e. The van der Waals surface area contributed by atoms with E-state index in [9.17, 15) is 9.90 Å². The Labute approximate surface area is 120 Å². The zero-order valence-corrected chi connectivity index (χ0v) is 12.2. The normalized spacial score (nSPS) is 17.4. The van der Waals surface area contributed by atoms with E-state index in [0.717, 1.165) is 30.0 Å². The molecule has 2 amide bonds. The van der Waals surface area contributed by atoms with Crippen LogP contribution in [0.15, 0.2) is 24.3 Å². The number of benzene rings is 1. The third kappa shape index (κ3) is 4.53. The molecule has 4 heteroatoms. The number of carbonyl (C=O) groups is 1. The number of amides is 2. The third-order valence-corrected chi connectivity index (χ3v) is 3.79. The van der Waals surface area contributed by atoms with Gasteiger partial charge in [-0.25, -0.2) is 4.79 Å². The summed E-state index contributed by atoms with van der Waals surface area (Å²) in [5.41, 5.74) is 1.59. The standard InChI is InChI=1S/C16H24N2O2/c1-3-14(10-12-4-5-12)17-16(20)18-15-8-6-13(7-9-15)11(2)19/h6-9,11-12,14,19H,3-5,10H2,1-2H3,(H2,17,18,20). The van der Waals surface area contributed by atoms with Gasteiger partial charge in [-0.1, -0.05) is 31.9 Å². The zero-order chi connectivity index (χ0) is 14.5. The predicted molar refractivity (Wildman–Crippen MR) is 80.7 cm³/mol. The van der Waals surface area contributed by atoms with E-state index in [1.54, 1.807) is 6.92 Å². The SMILES string of the molecule is CCC(CC1CC1)NC(=O)Nc1ccc(C(C)O)cc1. The predicted octanol–water partition coefficient (Wildman–Crippen LogP) is 3.44. The molecule has 0 aliphatic heterocycles. The number of urea groups is 1.